The van der Waals surface area contributed by atoms with E-state index in [1.54, 1.807) is 19.2 Å². The molecule has 0 aromatic heterocycles. The van der Waals surface area contributed by atoms with Crippen molar-refractivity contribution in [2.45, 2.75) is 24.3 Å². The molecule has 0 aliphatic carbocycles. The molecule has 2 aromatic carbocycles. The van der Waals surface area contributed by atoms with Gasteiger partial charge in [-0.2, -0.15) is 0 Å². The summed E-state index contributed by atoms with van der Waals surface area (Å²) in [6.07, 6.45) is -0.244. The van der Waals surface area contributed by atoms with Crippen LogP contribution in [0.15, 0.2) is 53.4 Å². The number of carbonyl (C=O) groups excluding carboxylic acids is 1. The number of fused-ring (bicyclic) bond motifs is 1. The Kier molecular flexibility index (Phi) is 7.17. The molecule has 30 heavy (non-hydrogen) atoms. The molecule has 1 heterocycles. The minimum absolute atomic E-state index is 0.00355. The molecule has 1 amide bonds. The van der Waals surface area contributed by atoms with Gasteiger partial charge in [0.05, 0.1) is 18.0 Å². The second-order valence-corrected chi connectivity index (χ2v) is 8.59. The van der Waals surface area contributed by atoms with Crippen LogP contribution in [0, 0.1) is 0 Å². The maximum absolute atomic E-state index is 12.4. The van der Waals surface area contributed by atoms with Crippen molar-refractivity contribution >= 4 is 15.9 Å². The zero-order chi connectivity index (χ0) is 21.6. The van der Waals surface area contributed by atoms with E-state index in [4.69, 9.17) is 14.2 Å². The normalized spacial score (nSPS) is 15.5. The summed E-state index contributed by atoms with van der Waals surface area (Å²) in [6.45, 7) is 3.05. The lowest BCUT2D eigenvalue weighted by molar-refractivity contribution is -0.131. The standard InChI is InChI=1S/C21H26N2O6S/c1-3-27-16-8-10-18(11-9-16)30(25,26)22-13-12-21(24)23(2)14-17-15-28-19-6-4-5-7-20(19)29-17/h4-11,17,22H,3,12-15H2,1-2H3/t17-/m1/s1. The summed E-state index contributed by atoms with van der Waals surface area (Å²) < 4.78 is 44.0. The highest BCUT2D eigenvalue weighted by atomic mass is 32.2. The quantitative estimate of drug-likeness (QED) is 0.649. The number of likely N-dealkylation sites (N-methyl/N-ethyl adjacent to an activating group) is 1. The van der Waals surface area contributed by atoms with Crippen molar-refractivity contribution in [3.63, 3.8) is 0 Å². The predicted molar refractivity (Wildman–Crippen MR) is 111 cm³/mol. The number of sulfonamides is 1. The molecule has 1 aliphatic heterocycles. The van der Waals surface area contributed by atoms with Crippen LogP contribution < -0.4 is 18.9 Å². The molecule has 3 rings (SSSR count). The van der Waals surface area contributed by atoms with Crippen LogP contribution in [0.4, 0.5) is 0 Å². The van der Waals surface area contributed by atoms with E-state index in [0.29, 0.717) is 37.0 Å². The molecule has 162 valence electrons. The zero-order valence-corrected chi connectivity index (χ0v) is 17.9. The predicted octanol–water partition coefficient (Wildman–Crippen LogP) is 2.05. The molecular formula is C21H26N2O6S. The molecule has 0 radical (unpaired) electrons. The van der Waals surface area contributed by atoms with Crippen molar-refractivity contribution in [1.82, 2.24) is 9.62 Å². The van der Waals surface area contributed by atoms with Gasteiger partial charge < -0.3 is 19.1 Å². The summed E-state index contributed by atoms with van der Waals surface area (Å²) >= 11 is 0. The van der Waals surface area contributed by atoms with Gasteiger partial charge in [-0.1, -0.05) is 12.1 Å². The number of nitrogens with zero attached hydrogens (tertiary/aromatic N) is 1. The Morgan fingerprint density at radius 1 is 1.17 bits per heavy atom. The molecule has 1 atom stereocenters. The number of rotatable bonds is 9. The van der Waals surface area contributed by atoms with Crippen LogP contribution in [-0.4, -0.2) is 58.7 Å². The molecule has 0 unspecified atom stereocenters. The van der Waals surface area contributed by atoms with Crippen molar-refractivity contribution in [3.8, 4) is 17.2 Å². The first-order chi connectivity index (χ1) is 14.4. The second kappa shape index (κ2) is 9.82. The number of nitrogens with one attached hydrogen (secondary N) is 1. The van der Waals surface area contributed by atoms with Crippen LogP contribution in [0.2, 0.25) is 0 Å². The van der Waals surface area contributed by atoms with Gasteiger partial charge in [-0.15, -0.1) is 0 Å². The Morgan fingerprint density at radius 3 is 2.57 bits per heavy atom. The van der Waals surface area contributed by atoms with Gasteiger partial charge in [-0.25, -0.2) is 13.1 Å². The van der Waals surface area contributed by atoms with E-state index >= 15 is 0 Å². The monoisotopic (exact) mass is 434 g/mol. The van der Waals surface area contributed by atoms with E-state index in [2.05, 4.69) is 4.72 Å². The number of amides is 1. The van der Waals surface area contributed by atoms with Crippen LogP contribution in [0.5, 0.6) is 17.2 Å². The van der Waals surface area contributed by atoms with Gasteiger partial charge in [-0.05, 0) is 43.3 Å². The smallest absolute Gasteiger partial charge is 0.240 e. The van der Waals surface area contributed by atoms with Gasteiger partial charge in [0, 0.05) is 20.0 Å². The average molecular weight is 435 g/mol. The third-order valence-corrected chi connectivity index (χ3v) is 6.02. The van der Waals surface area contributed by atoms with Gasteiger partial charge in [0.2, 0.25) is 15.9 Å². The fourth-order valence-corrected chi connectivity index (χ4v) is 4.04. The molecule has 0 saturated carbocycles. The Labute approximate surface area is 176 Å². The van der Waals surface area contributed by atoms with E-state index in [1.165, 1.54) is 17.0 Å². The maximum Gasteiger partial charge on any atom is 0.240 e. The van der Waals surface area contributed by atoms with Gasteiger partial charge in [0.25, 0.3) is 0 Å². The average Bonchev–Trinajstić information content (AvgIpc) is 2.74. The zero-order valence-electron chi connectivity index (χ0n) is 17.0. The van der Waals surface area contributed by atoms with E-state index in [-0.39, 0.29) is 29.9 Å². The largest absolute Gasteiger partial charge is 0.494 e. The first kappa shape index (κ1) is 21.9. The molecular weight excluding hydrogens is 408 g/mol. The van der Waals surface area contributed by atoms with Crippen molar-refractivity contribution in [2.75, 3.05) is 33.4 Å². The van der Waals surface area contributed by atoms with Gasteiger partial charge in [0.15, 0.2) is 17.6 Å². The second-order valence-electron chi connectivity index (χ2n) is 6.82. The van der Waals surface area contributed by atoms with Crippen LogP contribution in [-0.2, 0) is 14.8 Å². The first-order valence-electron chi connectivity index (χ1n) is 9.74. The minimum atomic E-state index is -3.69. The highest BCUT2D eigenvalue weighted by Gasteiger charge is 2.24. The summed E-state index contributed by atoms with van der Waals surface area (Å²) in [7, 11) is -2.04. The fourth-order valence-electron chi connectivity index (χ4n) is 3.01. The number of para-hydroxylation sites is 2. The number of ether oxygens (including phenoxy) is 3. The van der Waals surface area contributed by atoms with E-state index in [9.17, 15) is 13.2 Å². The third-order valence-electron chi connectivity index (χ3n) is 4.55. The fraction of sp³-hybridized carbons (Fsp3) is 0.381. The van der Waals surface area contributed by atoms with Crippen LogP contribution >= 0.6 is 0 Å². The molecule has 1 N–H and O–H groups in total. The lowest BCUT2D eigenvalue weighted by Crippen LogP contribution is -2.42. The van der Waals surface area contributed by atoms with Crippen LogP contribution in [0.3, 0.4) is 0 Å². The number of carbonyl (C=O) groups is 1. The van der Waals surface area contributed by atoms with Crippen LogP contribution in [0.1, 0.15) is 13.3 Å². The summed E-state index contributed by atoms with van der Waals surface area (Å²) in [5.41, 5.74) is 0. The lowest BCUT2D eigenvalue weighted by atomic mass is 10.2. The van der Waals surface area contributed by atoms with Gasteiger partial charge >= 0.3 is 0 Å². The van der Waals surface area contributed by atoms with Crippen molar-refractivity contribution < 1.29 is 27.4 Å². The van der Waals surface area contributed by atoms with E-state index in [0.717, 1.165) is 0 Å². The Balaban J connectivity index is 1.45. The molecule has 9 heteroatoms. The molecule has 0 saturated heterocycles. The Hall–Kier alpha value is -2.78. The van der Waals surface area contributed by atoms with Gasteiger partial charge in [0.1, 0.15) is 12.4 Å². The topological polar surface area (TPSA) is 94.2 Å². The Morgan fingerprint density at radius 2 is 1.87 bits per heavy atom. The summed E-state index contributed by atoms with van der Waals surface area (Å²) in [5.74, 6) is 1.75. The molecule has 8 nitrogen and oxygen atoms in total. The Bertz CT molecular complexity index is 962. The van der Waals surface area contributed by atoms with Crippen molar-refractivity contribution in [2.24, 2.45) is 0 Å². The molecule has 0 bridgehead atoms. The van der Waals surface area contributed by atoms with Crippen LogP contribution in [0.25, 0.3) is 0 Å². The number of hydrogen-bond acceptors (Lipinski definition) is 6. The molecule has 0 fully saturated rings. The minimum Gasteiger partial charge on any atom is -0.494 e. The molecule has 1 aliphatic rings. The number of benzene rings is 2. The summed E-state index contributed by atoms with van der Waals surface area (Å²) in [4.78, 5) is 14.0. The SMILES string of the molecule is CCOc1ccc(S(=O)(=O)NCCC(=O)N(C)C[C@@H]2COc3ccccc3O2)cc1. The summed E-state index contributed by atoms with van der Waals surface area (Å²) in [5, 5.41) is 0. The first-order valence-corrected chi connectivity index (χ1v) is 11.2. The van der Waals surface area contributed by atoms with Crippen molar-refractivity contribution in [1.29, 1.82) is 0 Å². The van der Waals surface area contributed by atoms with E-state index < -0.39 is 10.0 Å². The lowest BCUT2D eigenvalue weighted by Gasteiger charge is -2.29. The maximum atomic E-state index is 12.4. The third kappa shape index (κ3) is 5.64. The van der Waals surface area contributed by atoms with Gasteiger partial charge in [-0.3, -0.25) is 4.79 Å². The van der Waals surface area contributed by atoms with E-state index in [1.807, 2.05) is 31.2 Å². The number of hydrogen-bond donors (Lipinski definition) is 1. The van der Waals surface area contributed by atoms with Crippen molar-refractivity contribution in [3.05, 3.63) is 48.5 Å². The highest BCUT2D eigenvalue weighted by molar-refractivity contribution is 7.89. The summed E-state index contributed by atoms with van der Waals surface area (Å²) in [6, 6.07) is 13.5. The highest BCUT2D eigenvalue weighted by Crippen LogP contribution is 2.30. The molecule has 0 spiro atoms. The molecule has 2 aromatic rings.